The number of carbonyl (C=O) groups excluding carboxylic acids is 1. The van der Waals surface area contributed by atoms with E-state index in [0.29, 0.717) is 6.54 Å². The van der Waals surface area contributed by atoms with E-state index in [9.17, 15) is 18.0 Å². The summed E-state index contributed by atoms with van der Waals surface area (Å²) in [7, 11) is 1.47. The van der Waals surface area contributed by atoms with Gasteiger partial charge in [-0.05, 0) is 24.1 Å². The summed E-state index contributed by atoms with van der Waals surface area (Å²) in [4.78, 5) is 13.1. The average Bonchev–Trinajstić information content (AvgIpc) is 2.44. The lowest BCUT2D eigenvalue weighted by Gasteiger charge is -2.26. The Morgan fingerprint density at radius 1 is 1.41 bits per heavy atom. The van der Waals surface area contributed by atoms with Gasteiger partial charge in [0.2, 0.25) is 5.91 Å². The quantitative estimate of drug-likeness (QED) is 0.909. The Hall–Kier alpha value is -2.23. The SMILES string of the molecule is CNC(=O)CN(CC(C)C)c1ccc(C#N)c(C(F)(F)F)c1. The molecule has 1 N–H and O–H groups in total. The number of nitriles is 1. The van der Waals surface area contributed by atoms with E-state index >= 15 is 0 Å². The van der Waals surface area contributed by atoms with Crippen LogP contribution in [-0.4, -0.2) is 26.0 Å². The summed E-state index contributed by atoms with van der Waals surface area (Å²) in [6, 6.07) is 5.03. The molecule has 120 valence electrons. The van der Waals surface area contributed by atoms with Crippen LogP contribution in [0.5, 0.6) is 0 Å². The lowest BCUT2D eigenvalue weighted by Crippen LogP contribution is -2.37. The molecule has 0 saturated heterocycles. The molecule has 0 aliphatic carbocycles. The Morgan fingerprint density at radius 3 is 2.50 bits per heavy atom. The number of nitrogens with zero attached hydrogens (tertiary/aromatic N) is 2. The highest BCUT2D eigenvalue weighted by atomic mass is 19.4. The summed E-state index contributed by atoms with van der Waals surface area (Å²) in [5.74, 6) is -0.131. The van der Waals surface area contributed by atoms with E-state index in [4.69, 9.17) is 5.26 Å². The molecule has 1 aromatic rings. The van der Waals surface area contributed by atoms with Crippen LogP contribution in [0.3, 0.4) is 0 Å². The van der Waals surface area contributed by atoms with Gasteiger partial charge in [0.25, 0.3) is 0 Å². The molecule has 0 aliphatic heterocycles. The molecular weight excluding hydrogens is 295 g/mol. The minimum absolute atomic E-state index is 0.0438. The fourth-order valence-corrected chi connectivity index (χ4v) is 2.02. The third-order valence-corrected chi connectivity index (χ3v) is 2.99. The number of anilines is 1. The van der Waals surface area contributed by atoms with Crippen LogP contribution in [0.15, 0.2) is 18.2 Å². The molecule has 7 heteroatoms. The van der Waals surface area contributed by atoms with Crippen LogP contribution in [0.25, 0.3) is 0 Å². The van der Waals surface area contributed by atoms with Gasteiger partial charge in [-0.25, -0.2) is 0 Å². The number of hydrogen-bond donors (Lipinski definition) is 1. The number of amides is 1. The maximum absolute atomic E-state index is 13.0. The molecule has 0 saturated carbocycles. The first-order valence-corrected chi connectivity index (χ1v) is 6.76. The number of alkyl halides is 3. The van der Waals surface area contributed by atoms with E-state index in [-0.39, 0.29) is 24.1 Å². The summed E-state index contributed by atoms with van der Waals surface area (Å²) in [6.07, 6.45) is -4.61. The molecule has 0 aliphatic rings. The number of benzene rings is 1. The molecule has 0 radical (unpaired) electrons. The maximum atomic E-state index is 13.0. The molecule has 1 rings (SSSR count). The van der Waals surface area contributed by atoms with Crippen molar-refractivity contribution in [1.82, 2.24) is 5.32 Å². The van der Waals surface area contributed by atoms with Gasteiger partial charge in [-0.15, -0.1) is 0 Å². The largest absolute Gasteiger partial charge is 0.417 e. The molecule has 0 bridgehead atoms. The van der Waals surface area contributed by atoms with Gasteiger partial charge in [0.1, 0.15) is 0 Å². The lowest BCUT2D eigenvalue weighted by atomic mass is 10.1. The standard InChI is InChI=1S/C15H18F3N3O/c1-10(2)8-21(9-14(22)20-3)12-5-4-11(7-19)13(6-12)15(16,17)18/h4-6,10H,8-9H2,1-3H3,(H,20,22). The van der Waals surface area contributed by atoms with Crippen molar-refractivity contribution in [3.05, 3.63) is 29.3 Å². The van der Waals surface area contributed by atoms with E-state index < -0.39 is 17.3 Å². The molecule has 1 aromatic carbocycles. The van der Waals surface area contributed by atoms with E-state index in [2.05, 4.69) is 5.32 Å². The summed E-state index contributed by atoms with van der Waals surface area (Å²) in [5, 5.41) is 11.3. The van der Waals surface area contributed by atoms with Crippen molar-refractivity contribution < 1.29 is 18.0 Å². The molecule has 0 heterocycles. The number of rotatable bonds is 5. The van der Waals surface area contributed by atoms with Crippen LogP contribution in [0.1, 0.15) is 25.0 Å². The zero-order valence-corrected chi connectivity index (χ0v) is 12.7. The Bertz CT molecular complexity index is 576. The zero-order valence-electron chi connectivity index (χ0n) is 12.7. The molecule has 0 fully saturated rings. The fourth-order valence-electron chi connectivity index (χ4n) is 2.02. The molecule has 0 aromatic heterocycles. The molecule has 0 spiro atoms. The van der Waals surface area contributed by atoms with Crippen molar-refractivity contribution in [3.63, 3.8) is 0 Å². The Morgan fingerprint density at radius 2 is 2.05 bits per heavy atom. The third-order valence-electron chi connectivity index (χ3n) is 2.99. The van der Waals surface area contributed by atoms with Crippen molar-refractivity contribution in [2.24, 2.45) is 5.92 Å². The predicted octanol–water partition coefficient (Wildman–Crippen LogP) is 2.79. The first kappa shape index (κ1) is 17.8. The Labute approximate surface area is 127 Å². The summed E-state index contributed by atoms with van der Waals surface area (Å²) < 4.78 is 39.1. The second-order valence-electron chi connectivity index (χ2n) is 5.29. The van der Waals surface area contributed by atoms with E-state index in [1.54, 1.807) is 11.0 Å². The van der Waals surface area contributed by atoms with Crippen molar-refractivity contribution >= 4 is 11.6 Å². The van der Waals surface area contributed by atoms with Gasteiger partial charge in [0, 0.05) is 19.3 Å². The summed E-state index contributed by atoms with van der Waals surface area (Å²) in [6.45, 7) is 4.20. The maximum Gasteiger partial charge on any atom is 0.417 e. The van der Waals surface area contributed by atoms with Crippen LogP contribution in [-0.2, 0) is 11.0 Å². The normalized spacial score (nSPS) is 11.2. The van der Waals surface area contributed by atoms with Gasteiger partial charge < -0.3 is 10.2 Å². The smallest absolute Gasteiger partial charge is 0.362 e. The highest BCUT2D eigenvalue weighted by Crippen LogP contribution is 2.34. The van der Waals surface area contributed by atoms with Gasteiger partial charge in [-0.2, -0.15) is 18.4 Å². The highest BCUT2D eigenvalue weighted by Gasteiger charge is 2.34. The summed E-state index contributed by atoms with van der Waals surface area (Å²) >= 11 is 0. The fraction of sp³-hybridized carbons (Fsp3) is 0.467. The topological polar surface area (TPSA) is 56.1 Å². The number of nitrogens with one attached hydrogen (secondary N) is 1. The van der Waals surface area contributed by atoms with Crippen molar-refractivity contribution in [2.45, 2.75) is 20.0 Å². The highest BCUT2D eigenvalue weighted by molar-refractivity contribution is 5.81. The molecule has 22 heavy (non-hydrogen) atoms. The number of likely N-dealkylation sites (N-methyl/N-ethyl adjacent to an activating group) is 1. The second kappa shape index (κ2) is 7.16. The van der Waals surface area contributed by atoms with E-state index in [1.165, 1.54) is 13.1 Å². The van der Waals surface area contributed by atoms with Crippen LogP contribution >= 0.6 is 0 Å². The van der Waals surface area contributed by atoms with E-state index in [0.717, 1.165) is 12.1 Å². The van der Waals surface area contributed by atoms with Gasteiger partial charge in [-0.1, -0.05) is 13.8 Å². The van der Waals surface area contributed by atoms with Crippen LogP contribution in [0, 0.1) is 17.2 Å². The zero-order chi connectivity index (χ0) is 16.9. The van der Waals surface area contributed by atoms with Crippen molar-refractivity contribution in [3.8, 4) is 6.07 Å². The second-order valence-corrected chi connectivity index (χ2v) is 5.29. The summed E-state index contributed by atoms with van der Waals surface area (Å²) in [5.41, 5.74) is -1.15. The van der Waals surface area contributed by atoms with Gasteiger partial charge in [0.15, 0.2) is 0 Å². The van der Waals surface area contributed by atoms with Crippen molar-refractivity contribution in [2.75, 3.05) is 25.0 Å². The molecule has 4 nitrogen and oxygen atoms in total. The van der Waals surface area contributed by atoms with Gasteiger partial charge >= 0.3 is 6.18 Å². The Balaban J connectivity index is 3.25. The minimum atomic E-state index is -4.61. The molecule has 0 unspecified atom stereocenters. The number of hydrogen-bond acceptors (Lipinski definition) is 3. The first-order chi connectivity index (χ1) is 10.2. The predicted molar refractivity (Wildman–Crippen MR) is 77.3 cm³/mol. The first-order valence-electron chi connectivity index (χ1n) is 6.76. The van der Waals surface area contributed by atoms with Crippen LogP contribution < -0.4 is 10.2 Å². The lowest BCUT2D eigenvalue weighted by molar-refractivity contribution is -0.137. The number of carbonyl (C=O) groups is 1. The molecular formula is C15H18F3N3O. The van der Waals surface area contributed by atoms with Crippen LogP contribution in [0.2, 0.25) is 0 Å². The third kappa shape index (κ3) is 4.65. The van der Waals surface area contributed by atoms with Crippen molar-refractivity contribution in [1.29, 1.82) is 5.26 Å². The molecule has 1 amide bonds. The molecule has 0 atom stereocenters. The Kier molecular flexibility index (Phi) is 5.80. The average molecular weight is 313 g/mol. The number of halogens is 3. The van der Waals surface area contributed by atoms with Crippen LogP contribution in [0.4, 0.5) is 18.9 Å². The van der Waals surface area contributed by atoms with E-state index in [1.807, 2.05) is 13.8 Å². The van der Waals surface area contributed by atoms with Gasteiger partial charge in [0.05, 0.1) is 23.7 Å². The van der Waals surface area contributed by atoms with Gasteiger partial charge in [-0.3, -0.25) is 4.79 Å². The monoisotopic (exact) mass is 313 g/mol. The minimum Gasteiger partial charge on any atom is -0.362 e.